The van der Waals surface area contributed by atoms with Crippen molar-refractivity contribution in [3.63, 3.8) is 0 Å². The molecule has 1 saturated heterocycles. The van der Waals surface area contributed by atoms with Crippen molar-refractivity contribution in [1.29, 1.82) is 0 Å². The van der Waals surface area contributed by atoms with Crippen molar-refractivity contribution in [2.24, 2.45) is 11.8 Å². The highest BCUT2D eigenvalue weighted by atomic mass is 19.1. The van der Waals surface area contributed by atoms with Crippen molar-refractivity contribution in [2.75, 3.05) is 26.7 Å². The number of benzene rings is 1. The van der Waals surface area contributed by atoms with Gasteiger partial charge in [-0.3, -0.25) is 0 Å². The number of likely N-dealkylation sites (N-methyl/N-ethyl adjacent to an activating group) is 1. The number of nitrogens with zero attached hydrogens (tertiary/aromatic N) is 1. The van der Waals surface area contributed by atoms with Crippen molar-refractivity contribution < 1.29 is 4.39 Å². The molecule has 0 bridgehead atoms. The molecule has 21 heavy (non-hydrogen) atoms. The van der Waals surface area contributed by atoms with Crippen molar-refractivity contribution in [1.82, 2.24) is 10.2 Å². The quantitative estimate of drug-likeness (QED) is 0.865. The number of nitrogens with one attached hydrogen (secondary N) is 1. The Hall–Kier alpha value is -0.930. The lowest BCUT2D eigenvalue weighted by Crippen LogP contribution is -2.48. The minimum Gasteiger partial charge on any atom is -0.313 e. The summed E-state index contributed by atoms with van der Waals surface area (Å²) in [5.41, 5.74) is 1.12. The van der Waals surface area contributed by atoms with Crippen LogP contribution in [0.3, 0.4) is 0 Å². The molecule has 0 aromatic heterocycles. The van der Waals surface area contributed by atoms with Gasteiger partial charge in [0.2, 0.25) is 0 Å². The predicted molar refractivity (Wildman–Crippen MR) is 87.0 cm³/mol. The van der Waals surface area contributed by atoms with E-state index in [1.54, 1.807) is 6.07 Å². The van der Waals surface area contributed by atoms with Gasteiger partial charge in [-0.1, -0.05) is 26.0 Å². The Bertz CT molecular complexity index is 433. The van der Waals surface area contributed by atoms with Crippen molar-refractivity contribution in [3.8, 4) is 0 Å². The van der Waals surface area contributed by atoms with Gasteiger partial charge < -0.3 is 10.2 Å². The van der Waals surface area contributed by atoms with Gasteiger partial charge in [0, 0.05) is 19.1 Å². The highest BCUT2D eigenvalue weighted by Gasteiger charge is 2.25. The molecule has 1 N–H and O–H groups in total. The molecule has 118 valence electrons. The van der Waals surface area contributed by atoms with Gasteiger partial charge in [-0.25, -0.2) is 4.39 Å². The summed E-state index contributed by atoms with van der Waals surface area (Å²) in [7, 11) is 2.19. The van der Waals surface area contributed by atoms with E-state index in [4.69, 9.17) is 0 Å². The molecule has 0 spiro atoms. The van der Waals surface area contributed by atoms with Crippen LogP contribution in [0.2, 0.25) is 0 Å². The van der Waals surface area contributed by atoms with Gasteiger partial charge in [0.1, 0.15) is 5.82 Å². The Morgan fingerprint density at radius 3 is 2.86 bits per heavy atom. The van der Waals surface area contributed by atoms with E-state index >= 15 is 0 Å². The van der Waals surface area contributed by atoms with E-state index < -0.39 is 0 Å². The molecule has 1 aromatic rings. The topological polar surface area (TPSA) is 15.3 Å². The SMILES string of the molecule is CC(C)CCNC1CC(Cc2cccc(F)c2)CN(C)C1. The monoisotopic (exact) mass is 292 g/mol. The third kappa shape index (κ3) is 5.76. The fourth-order valence-electron chi connectivity index (χ4n) is 3.31. The zero-order valence-corrected chi connectivity index (χ0v) is 13.6. The van der Waals surface area contributed by atoms with Crippen LogP contribution >= 0.6 is 0 Å². The summed E-state index contributed by atoms with van der Waals surface area (Å²) in [6, 6.07) is 7.62. The van der Waals surface area contributed by atoms with Gasteiger partial charge in [-0.15, -0.1) is 0 Å². The minimum atomic E-state index is -0.122. The summed E-state index contributed by atoms with van der Waals surface area (Å²) in [6.07, 6.45) is 3.40. The maximum absolute atomic E-state index is 13.3. The van der Waals surface area contributed by atoms with E-state index in [1.165, 1.54) is 18.9 Å². The molecular weight excluding hydrogens is 263 g/mol. The third-order valence-electron chi connectivity index (χ3n) is 4.29. The molecule has 1 aromatic carbocycles. The van der Waals surface area contributed by atoms with Gasteiger partial charge in [0.15, 0.2) is 0 Å². The first-order valence-corrected chi connectivity index (χ1v) is 8.19. The van der Waals surface area contributed by atoms with E-state index in [-0.39, 0.29) is 5.82 Å². The second-order valence-corrected chi connectivity index (χ2v) is 6.99. The first kappa shape index (κ1) is 16.4. The summed E-state index contributed by atoms with van der Waals surface area (Å²) >= 11 is 0. The Balaban J connectivity index is 1.85. The predicted octanol–water partition coefficient (Wildman–Crippen LogP) is 3.32. The molecule has 2 atom stereocenters. The van der Waals surface area contributed by atoms with E-state index in [1.807, 2.05) is 12.1 Å². The standard InChI is InChI=1S/C18H29FN2/c1-14(2)7-8-20-18-11-16(12-21(3)13-18)9-15-5-4-6-17(19)10-15/h4-6,10,14,16,18,20H,7-9,11-13H2,1-3H3. The summed E-state index contributed by atoms with van der Waals surface area (Å²) in [6.45, 7) is 7.86. The van der Waals surface area contributed by atoms with Crippen molar-refractivity contribution in [3.05, 3.63) is 35.6 Å². The molecule has 1 aliphatic rings. The number of hydrogen-bond donors (Lipinski definition) is 1. The Morgan fingerprint density at radius 1 is 1.33 bits per heavy atom. The molecule has 0 amide bonds. The summed E-state index contributed by atoms with van der Waals surface area (Å²) < 4.78 is 13.3. The normalized spacial score (nSPS) is 23.7. The minimum absolute atomic E-state index is 0.122. The van der Waals surface area contributed by atoms with Crippen LogP contribution in [0.4, 0.5) is 4.39 Å². The van der Waals surface area contributed by atoms with Gasteiger partial charge in [0.25, 0.3) is 0 Å². The lowest BCUT2D eigenvalue weighted by Gasteiger charge is -2.36. The fraction of sp³-hybridized carbons (Fsp3) is 0.667. The molecule has 2 nitrogen and oxygen atoms in total. The van der Waals surface area contributed by atoms with Crippen LogP contribution in [-0.4, -0.2) is 37.6 Å². The van der Waals surface area contributed by atoms with Gasteiger partial charge >= 0.3 is 0 Å². The highest BCUT2D eigenvalue weighted by molar-refractivity contribution is 5.17. The molecule has 1 fully saturated rings. The van der Waals surface area contributed by atoms with Gasteiger partial charge in [-0.05, 0) is 62.4 Å². The van der Waals surface area contributed by atoms with Gasteiger partial charge in [0.05, 0.1) is 0 Å². The van der Waals surface area contributed by atoms with E-state index in [0.717, 1.165) is 37.5 Å². The number of hydrogen-bond acceptors (Lipinski definition) is 2. The zero-order chi connectivity index (χ0) is 15.2. The second kappa shape index (κ2) is 7.90. The Kier molecular flexibility index (Phi) is 6.19. The van der Waals surface area contributed by atoms with Crippen LogP contribution in [0.15, 0.2) is 24.3 Å². The maximum atomic E-state index is 13.3. The van der Waals surface area contributed by atoms with Crippen LogP contribution in [0.25, 0.3) is 0 Å². The largest absolute Gasteiger partial charge is 0.313 e. The molecule has 2 unspecified atom stereocenters. The number of rotatable bonds is 6. The molecule has 0 aliphatic carbocycles. The first-order valence-electron chi connectivity index (χ1n) is 8.19. The van der Waals surface area contributed by atoms with Gasteiger partial charge in [-0.2, -0.15) is 0 Å². The molecule has 2 rings (SSSR count). The number of likely N-dealkylation sites (tertiary alicyclic amines) is 1. The maximum Gasteiger partial charge on any atom is 0.123 e. The van der Waals surface area contributed by atoms with Crippen LogP contribution in [0.5, 0.6) is 0 Å². The molecule has 1 aliphatic heterocycles. The van der Waals surface area contributed by atoms with Crippen molar-refractivity contribution in [2.45, 2.75) is 39.2 Å². The van der Waals surface area contributed by atoms with E-state index in [2.05, 4.69) is 31.1 Å². The van der Waals surface area contributed by atoms with Crippen LogP contribution in [0.1, 0.15) is 32.3 Å². The highest BCUT2D eigenvalue weighted by Crippen LogP contribution is 2.21. The molecule has 0 radical (unpaired) electrons. The summed E-state index contributed by atoms with van der Waals surface area (Å²) in [5.74, 6) is 1.24. The van der Waals surface area contributed by atoms with Crippen LogP contribution in [-0.2, 0) is 6.42 Å². The number of halogens is 1. The first-order chi connectivity index (χ1) is 10.0. The van der Waals surface area contributed by atoms with Crippen molar-refractivity contribution >= 4 is 0 Å². The molecular formula is C18H29FN2. The van der Waals surface area contributed by atoms with E-state index in [9.17, 15) is 4.39 Å². The number of piperidine rings is 1. The lowest BCUT2D eigenvalue weighted by molar-refractivity contribution is 0.168. The zero-order valence-electron chi connectivity index (χ0n) is 13.6. The lowest BCUT2D eigenvalue weighted by atomic mass is 9.89. The third-order valence-corrected chi connectivity index (χ3v) is 4.29. The van der Waals surface area contributed by atoms with Crippen LogP contribution in [0, 0.1) is 17.7 Å². The molecule has 3 heteroatoms. The smallest absolute Gasteiger partial charge is 0.123 e. The summed E-state index contributed by atoms with van der Waals surface area (Å²) in [4.78, 5) is 2.40. The fourth-order valence-corrected chi connectivity index (χ4v) is 3.31. The van der Waals surface area contributed by atoms with E-state index in [0.29, 0.717) is 12.0 Å². The second-order valence-electron chi connectivity index (χ2n) is 6.99. The molecule has 0 saturated carbocycles. The van der Waals surface area contributed by atoms with Crippen LogP contribution < -0.4 is 5.32 Å². The average Bonchev–Trinajstić information content (AvgIpc) is 2.37. The Morgan fingerprint density at radius 2 is 2.14 bits per heavy atom. The summed E-state index contributed by atoms with van der Waals surface area (Å²) in [5, 5.41) is 3.69. The average molecular weight is 292 g/mol. The Labute approximate surface area is 128 Å². The molecule has 1 heterocycles.